The maximum absolute atomic E-state index is 11.0. The number of aromatic carboxylic acids is 1. The largest absolute Gasteiger partial charge is 0.478 e. The Labute approximate surface area is 87.1 Å². The van der Waals surface area contributed by atoms with Crippen molar-refractivity contribution < 1.29 is 9.90 Å². The normalized spacial score (nSPS) is 10.5. The van der Waals surface area contributed by atoms with Crippen LogP contribution in [0, 0.1) is 0 Å². The van der Waals surface area contributed by atoms with Crippen molar-refractivity contribution in [2.24, 2.45) is 5.73 Å². The van der Waals surface area contributed by atoms with Gasteiger partial charge in [0.15, 0.2) is 0 Å². The molecule has 0 aliphatic carbocycles. The third kappa shape index (κ3) is 1.57. The number of nitrogens with two attached hydrogens (primary N) is 1. The van der Waals surface area contributed by atoms with Crippen molar-refractivity contribution >= 4 is 16.7 Å². The van der Waals surface area contributed by atoms with Gasteiger partial charge in [-0.2, -0.15) is 0 Å². The molecule has 0 saturated carbocycles. The van der Waals surface area contributed by atoms with Crippen LogP contribution in [0.25, 0.3) is 10.8 Å². The Kier molecular flexibility index (Phi) is 2.39. The number of rotatable bonds is 2. The molecule has 3 heteroatoms. The molecule has 0 bridgehead atoms. The summed E-state index contributed by atoms with van der Waals surface area (Å²) in [6.07, 6.45) is 0. The summed E-state index contributed by atoms with van der Waals surface area (Å²) in [6.45, 7) is 0.417. The highest BCUT2D eigenvalue weighted by Crippen LogP contribution is 2.22. The minimum absolute atomic E-state index is 0.322. The molecular formula is C12H11NO2. The van der Waals surface area contributed by atoms with E-state index in [4.69, 9.17) is 10.8 Å². The minimum Gasteiger partial charge on any atom is -0.478 e. The standard InChI is InChI=1S/C12H11NO2/c13-7-8-3-1-5-10-9(8)4-2-6-11(10)12(14)15/h1-6H,7,13H2,(H,14,15). The Morgan fingerprint density at radius 3 is 2.47 bits per heavy atom. The Balaban J connectivity index is 2.82. The third-order valence-corrected chi connectivity index (χ3v) is 2.46. The molecule has 0 radical (unpaired) electrons. The lowest BCUT2D eigenvalue weighted by molar-refractivity contribution is 0.0699. The van der Waals surface area contributed by atoms with Crippen molar-refractivity contribution in [3.8, 4) is 0 Å². The number of carbonyl (C=O) groups is 1. The summed E-state index contributed by atoms with van der Waals surface area (Å²) in [5.74, 6) is -0.908. The summed E-state index contributed by atoms with van der Waals surface area (Å²) >= 11 is 0. The summed E-state index contributed by atoms with van der Waals surface area (Å²) in [4.78, 5) is 11.0. The molecule has 0 aliphatic heterocycles. The third-order valence-electron chi connectivity index (χ3n) is 2.46. The van der Waals surface area contributed by atoms with Gasteiger partial charge in [0, 0.05) is 6.54 Å². The second-order valence-corrected chi connectivity index (χ2v) is 3.33. The molecule has 76 valence electrons. The van der Waals surface area contributed by atoms with Gasteiger partial charge in [-0.05, 0) is 22.4 Å². The highest BCUT2D eigenvalue weighted by Gasteiger charge is 2.08. The average molecular weight is 201 g/mol. The second-order valence-electron chi connectivity index (χ2n) is 3.33. The SMILES string of the molecule is NCc1cccc2c(C(=O)O)cccc12. The second kappa shape index (κ2) is 3.71. The molecule has 0 fully saturated rings. The van der Waals surface area contributed by atoms with E-state index in [1.165, 1.54) is 0 Å². The van der Waals surface area contributed by atoms with Crippen LogP contribution in [-0.4, -0.2) is 11.1 Å². The van der Waals surface area contributed by atoms with E-state index in [2.05, 4.69) is 0 Å². The van der Waals surface area contributed by atoms with Crippen molar-refractivity contribution in [2.75, 3.05) is 0 Å². The van der Waals surface area contributed by atoms with E-state index < -0.39 is 5.97 Å². The number of carboxylic acids is 1. The molecular weight excluding hydrogens is 190 g/mol. The van der Waals surface area contributed by atoms with E-state index in [0.29, 0.717) is 12.1 Å². The highest BCUT2D eigenvalue weighted by atomic mass is 16.4. The number of hydrogen-bond donors (Lipinski definition) is 2. The van der Waals surface area contributed by atoms with E-state index in [9.17, 15) is 4.79 Å². The van der Waals surface area contributed by atoms with Crippen LogP contribution in [0.5, 0.6) is 0 Å². The predicted octanol–water partition coefficient (Wildman–Crippen LogP) is 2.00. The first kappa shape index (κ1) is 9.68. The van der Waals surface area contributed by atoms with Gasteiger partial charge in [-0.15, -0.1) is 0 Å². The predicted molar refractivity (Wildman–Crippen MR) is 58.8 cm³/mol. The van der Waals surface area contributed by atoms with Gasteiger partial charge in [-0.25, -0.2) is 4.79 Å². The van der Waals surface area contributed by atoms with Crippen LogP contribution in [0.1, 0.15) is 15.9 Å². The Bertz CT molecular complexity index is 520. The first-order chi connectivity index (χ1) is 7.24. The number of carboxylic acid groups (broad SMARTS) is 1. The van der Waals surface area contributed by atoms with E-state index in [1.807, 2.05) is 18.2 Å². The van der Waals surface area contributed by atoms with Gasteiger partial charge in [0.2, 0.25) is 0 Å². The summed E-state index contributed by atoms with van der Waals surface area (Å²) in [7, 11) is 0. The Morgan fingerprint density at radius 1 is 1.13 bits per heavy atom. The number of hydrogen-bond acceptors (Lipinski definition) is 2. The van der Waals surface area contributed by atoms with Crippen LogP contribution in [0.15, 0.2) is 36.4 Å². The molecule has 3 N–H and O–H groups in total. The van der Waals surface area contributed by atoms with Crippen molar-refractivity contribution in [3.63, 3.8) is 0 Å². The zero-order chi connectivity index (χ0) is 10.8. The van der Waals surface area contributed by atoms with Crippen LogP contribution in [0.4, 0.5) is 0 Å². The molecule has 0 spiro atoms. The monoisotopic (exact) mass is 201 g/mol. The summed E-state index contributed by atoms with van der Waals surface area (Å²) in [5.41, 5.74) is 6.88. The molecule has 2 rings (SSSR count). The van der Waals surface area contributed by atoms with Crippen LogP contribution >= 0.6 is 0 Å². The fraction of sp³-hybridized carbons (Fsp3) is 0.0833. The van der Waals surface area contributed by atoms with E-state index in [0.717, 1.165) is 16.3 Å². The quantitative estimate of drug-likeness (QED) is 0.781. The summed E-state index contributed by atoms with van der Waals surface area (Å²) < 4.78 is 0. The van der Waals surface area contributed by atoms with Crippen LogP contribution < -0.4 is 5.73 Å². The van der Waals surface area contributed by atoms with Gasteiger partial charge >= 0.3 is 5.97 Å². The van der Waals surface area contributed by atoms with Crippen molar-refractivity contribution in [3.05, 3.63) is 47.5 Å². The highest BCUT2D eigenvalue weighted by molar-refractivity contribution is 6.04. The van der Waals surface area contributed by atoms with E-state index in [-0.39, 0.29) is 0 Å². The smallest absolute Gasteiger partial charge is 0.336 e. The molecule has 2 aromatic carbocycles. The van der Waals surface area contributed by atoms with Gasteiger partial charge in [-0.3, -0.25) is 0 Å². The first-order valence-electron chi connectivity index (χ1n) is 4.68. The minimum atomic E-state index is -0.908. The molecule has 2 aromatic rings. The molecule has 0 unspecified atom stereocenters. The van der Waals surface area contributed by atoms with Crippen LogP contribution in [0.3, 0.4) is 0 Å². The molecule has 0 amide bonds. The zero-order valence-electron chi connectivity index (χ0n) is 8.10. The van der Waals surface area contributed by atoms with Crippen molar-refractivity contribution in [1.82, 2.24) is 0 Å². The lowest BCUT2D eigenvalue weighted by Gasteiger charge is -2.06. The molecule has 3 nitrogen and oxygen atoms in total. The lowest BCUT2D eigenvalue weighted by Crippen LogP contribution is -2.00. The van der Waals surface area contributed by atoms with E-state index in [1.54, 1.807) is 18.2 Å². The number of benzene rings is 2. The van der Waals surface area contributed by atoms with Gasteiger partial charge in [-0.1, -0.05) is 30.3 Å². The lowest BCUT2D eigenvalue weighted by atomic mass is 10.0. The molecule has 15 heavy (non-hydrogen) atoms. The Hall–Kier alpha value is -1.87. The molecule has 0 saturated heterocycles. The molecule has 0 aliphatic rings. The maximum atomic E-state index is 11.0. The van der Waals surface area contributed by atoms with Gasteiger partial charge < -0.3 is 10.8 Å². The molecule has 0 aromatic heterocycles. The summed E-state index contributed by atoms with van der Waals surface area (Å²) in [6, 6.07) is 10.8. The fourth-order valence-electron chi connectivity index (χ4n) is 1.74. The van der Waals surface area contributed by atoms with Crippen LogP contribution in [-0.2, 0) is 6.54 Å². The number of fused-ring (bicyclic) bond motifs is 1. The van der Waals surface area contributed by atoms with Gasteiger partial charge in [0.05, 0.1) is 5.56 Å². The van der Waals surface area contributed by atoms with E-state index >= 15 is 0 Å². The van der Waals surface area contributed by atoms with Crippen LogP contribution in [0.2, 0.25) is 0 Å². The fourth-order valence-corrected chi connectivity index (χ4v) is 1.74. The van der Waals surface area contributed by atoms with Crippen molar-refractivity contribution in [1.29, 1.82) is 0 Å². The zero-order valence-corrected chi connectivity index (χ0v) is 8.10. The van der Waals surface area contributed by atoms with Crippen molar-refractivity contribution in [2.45, 2.75) is 6.54 Å². The first-order valence-corrected chi connectivity index (χ1v) is 4.68. The topological polar surface area (TPSA) is 63.3 Å². The van der Waals surface area contributed by atoms with Gasteiger partial charge in [0.25, 0.3) is 0 Å². The molecule has 0 heterocycles. The maximum Gasteiger partial charge on any atom is 0.336 e. The Morgan fingerprint density at radius 2 is 1.80 bits per heavy atom. The average Bonchev–Trinajstić information content (AvgIpc) is 2.27. The van der Waals surface area contributed by atoms with Gasteiger partial charge in [0.1, 0.15) is 0 Å². The molecule has 0 atom stereocenters. The summed E-state index contributed by atoms with van der Waals surface area (Å²) in [5, 5.41) is 10.7.